The van der Waals surface area contributed by atoms with E-state index in [1.165, 1.54) is 0 Å². The molecule has 2 nitrogen and oxygen atoms in total. The lowest BCUT2D eigenvalue weighted by atomic mass is 10.2. The maximum absolute atomic E-state index is 10.3. The topological polar surface area (TPSA) is 37.3 Å². The molecule has 0 aromatic carbocycles. The van der Waals surface area contributed by atoms with Gasteiger partial charge in [0.15, 0.2) is 0 Å². The van der Waals surface area contributed by atoms with Crippen LogP contribution in [0.1, 0.15) is 58.3 Å². The quantitative estimate of drug-likeness (QED) is 0.367. The second-order valence-electron chi connectivity index (χ2n) is 5.35. The van der Waals surface area contributed by atoms with Crippen LogP contribution in [0.15, 0.2) is 72.9 Å². The van der Waals surface area contributed by atoms with Gasteiger partial charge >= 0.3 is 5.97 Å². The van der Waals surface area contributed by atoms with Gasteiger partial charge in [-0.05, 0) is 44.9 Å². The Labute approximate surface area is 147 Å². The molecule has 132 valence electrons. The molecule has 2 heteroatoms. The van der Waals surface area contributed by atoms with Crippen molar-refractivity contribution in [1.29, 1.82) is 0 Å². The monoisotopic (exact) mass is 328 g/mol. The molecule has 0 spiro atoms. The third-order valence-corrected chi connectivity index (χ3v) is 3.12. The Bertz CT molecular complexity index is 462. The normalized spacial score (nSPS) is 13.0. The predicted octanol–water partition coefficient (Wildman–Crippen LogP) is 6.55. The van der Waals surface area contributed by atoms with Gasteiger partial charge in [0, 0.05) is 6.42 Å². The molecule has 0 aliphatic rings. The van der Waals surface area contributed by atoms with E-state index in [2.05, 4.69) is 67.7 Å². The minimum atomic E-state index is -0.741. The highest BCUT2D eigenvalue weighted by Crippen LogP contribution is 1.97. The SMILES string of the molecule is CC/C=C/C/C=C/C/C=C/C/C=C/C/C=C\C/C=C/CCC(=O)O. The molecule has 0 unspecified atom stereocenters. The van der Waals surface area contributed by atoms with Crippen molar-refractivity contribution in [2.24, 2.45) is 0 Å². The predicted molar refractivity (Wildman–Crippen MR) is 105 cm³/mol. The van der Waals surface area contributed by atoms with Gasteiger partial charge in [0.1, 0.15) is 0 Å². The molecule has 24 heavy (non-hydrogen) atoms. The molecule has 0 aliphatic carbocycles. The van der Waals surface area contributed by atoms with Gasteiger partial charge < -0.3 is 5.11 Å². The highest BCUT2D eigenvalue weighted by molar-refractivity contribution is 5.66. The second-order valence-corrected chi connectivity index (χ2v) is 5.35. The first-order valence-corrected chi connectivity index (χ1v) is 8.89. The van der Waals surface area contributed by atoms with Gasteiger partial charge in [0.05, 0.1) is 0 Å². The number of hydrogen-bond donors (Lipinski definition) is 1. The largest absolute Gasteiger partial charge is 0.481 e. The van der Waals surface area contributed by atoms with Crippen molar-refractivity contribution in [3.05, 3.63) is 72.9 Å². The van der Waals surface area contributed by atoms with Crippen molar-refractivity contribution in [3.63, 3.8) is 0 Å². The average Bonchev–Trinajstić information content (AvgIpc) is 2.56. The zero-order valence-electron chi connectivity index (χ0n) is 14.9. The Kier molecular flexibility index (Phi) is 17.3. The van der Waals surface area contributed by atoms with Crippen LogP contribution in [0.3, 0.4) is 0 Å². The maximum Gasteiger partial charge on any atom is 0.303 e. The van der Waals surface area contributed by atoms with E-state index in [4.69, 9.17) is 5.11 Å². The van der Waals surface area contributed by atoms with Gasteiger partial charge in [0.2, 0.25) is 0 Å². The molecular weight excluding hydrogens is 296 g/mol. The molecule has 0 amide bonds. The summed E-state index contributed by atoms with van der Waals surface area (Å²) in [6, 6.07) is 0. The first kappa shape index (κ1) is 21.9. The summed E-state index contributed by atoms with van der Waals surface area (Å²) < 4.78 is 0. The van der Waals surface area contributed by atoms with Gasteiger partial charge in [-0.15, -0.1) is 0 Å². The number of carboxylic acid groups (broad SMARTS) is 1. The Morgan fingerprint density at radius 1 is 0.625 bits per heavy atom. The minimum absolute atomic E-state index is 0.210. The summed E-state index contributed by atoms with van der Waals surface area (Å²) in [5.74, 6) is -0.741. The Balaban J connectivity index is 3.51. The molecule has 0 aromatic heterocycles. The summed E-state index contributed by atoms with van der Waals surface area (Å²) in [6.45, 7) is 2.15. The van der Waals surface area contributed by atoms with Gasteiger partial charge in [-0.2, -0.15) is 0 Å². The van der Waals surface area contributed by atoms with Crippen LogP contribution in [0.5, 0.6) is 0 Å². The number of allylic oxidation sites excluding steroid dienone is 12. The smallest absolute Gasteiger partial charge is 0.303 e. The van der Waals surface area contributed by atoms with Gasteiger partial charge in [-0.3, -0.25) is 4.79 Å². The second kappa shape index (κ2) is 19.0. The zero-order valence-corrected chi connectivity index (χ0v) is 14.9. The summed E-state index contributed by atoms with van der Waals surface area (Å²) in [4.78, 5) is 10.3. The van der Waals surface area contributed by atoms with Crippen LogP contribution in [-0.4, -0.2) is 11.1 Å². The van der Waals surface area contributed by atoms with Gasteiger partial charge in [-0.1, -0.05) is 79.8 Å². The van der Waals surface area contributed by atoms with Crippen LogP contribution in [0.4, 0.5) is 0 Å². The van der Waals surface area contributed by atoms with E-state index < -0.39 is 5.97 Å². The molecule has 0 fully saturated rings. The van der Waals surface area contributed by atoms with Crippen molar-refractivity contribution < 1.29 is 9.90 Å². The van der Waals surface area contributed by atoms with Crippen molar-refractivity contribution in [2.45, 2.75) is 58.3 Å². The molecule has 0 saturated heterocycles. The Morgan fingerprint density at radius 2 is 0.958 bits per heavy atom. The number of carboxylic acids is 1. The summed E-state index contributed by atoms with van der Waals surface area (Å²) >= 11 is 0. The van der Waals surface area contributed by atoms with E-state index in [0.717, 1.165) is 38.5 Å². The van der Waals surface area contributed by atoms with Gasteiger partial charge in [0.25, 0.3) is 0 Å². The van der Waals surface area contributed by atoms with Crippen molar-refractivity contribution >= 4 is 5.97 Å². The molecule has 1 N–H and O–H groups in total. The number of hydrogen-bond acceptors (Lipinski definition) is 1. The number of carbonyl (C=O) groups is 1. The van der Waals surface area contributed by atoms with Crippen molar-refractivity contribution in [1.82, 2.24) is 0 Å². The first-order valence-electron chi connectivity index (χ1n) is 8.89. The van der Waals surface area contributed by atoms with Crippen LogP contribution >= 0.6 is 0 Å². The molecule has 0 aromatic rings. The fourth-order valence-corrected chi connectivity index (χ4v) is 1.85. The molecule has 0 aliphatic heterocycles. The standard InChI is InChI=1S/C22H32O2/c1-2-3-4-5-6-7-8-9-10-11-12-13-14-15-16-17-18-19-20-21-22(23)24/h3-4,6-7,9-10,12-13,15-16,18-19H,2,5,8,11,14,17,20-21H2,1H3,(H,23,24)/b4-3+,7-6+,10-9+,13-12+,16-15-,19-18+. The van der Waals surface area contributed by atoms with E-state index in [-0.39, 0.29) is 6.42 Å². The highest BCUT2D eigenvalue weighted by Gasteiger charge is 1.90. The first-order chi connectivity index (χ1) is 11.8. The van der Waals surface area contributed by atoms with Crippen LogP contribution < -0.4 is 0 Å². The number of rotatable bonds is 14. The maximum atomic E-state index is 10.3. The van der Waals surface area contributed by atoms with Crippen molar-refractivity contribution in [3.8, 4) is 0 Å². The molecule has 0 bridgehead atoms. The van der Waals surface area contributed by atoms with Gasteiger partial charge in [-0.25, -0.2) is 0 Å². The molecule has 0 heterocycles. The summed E-state index contributed by atoms with van der Waals surface area (Å²) in [6.07, 6.45) is 32.5. The van der Waals surface area contributed by atoms with E-state index in [9.17, 15) is 4.79 Å². The molecule has 0 radical (unpaired) electrons. The van der Waals surface area contributed by atoms with Crippen LogP contribution in [-0.2, 0) is 4.79 Å². The van der Waals surface area contributed by atoms with Crippen molar-refractivity contribution in [2.75, 3.05) is 0 Å². The lowest BCUT2D eigenvalue weighted by molar-refractivity contribution is -0.136. The fraction of sp³-hybridized carbons (Fsp3) is 0.409. The summed E-state index contributed by atoms with van der Waals surface area (Å²) in [5, 5.41) is 8.49. The zero-order chi connectivity index (χ0) is 17.7. The third-order valence-electron chi connectivity index (χ3n) is 3.12. The lowest BCUT2D eigenvalue weighted by Gasteiger charge is -1.87. The summed E-state index contributed by atoms with van der Waals surface area (Å²) in [5.41, 5.74) is 0. The number of aliphatic carboxylic acids is 1. The molecule has 0 atom stereocenters. The molecule has 0 rings (SSSR count). The highest BCUT2D eigenvalue weighted by atomic mass is 16.4. The van der Waals surface area contributed by atoms with E-state index in [1.54, 1.807) is 0 Å². The minimum Gasteiger partial charge on any atom is -0.481 e. The van der Waals surface area contributed by atoms with E-state index in [1.807, 2.05) is 12.2 Å². The van der Waals surface area contributed by atoms with Crippen LogP contribution in [0, 0.1) is 0 Å². The summed E-state index contributed by atoms with van der Waals surface area (Å²) in [7, 11) is 0. The fourth-order valence-electron chi connectivity index (χ4n) is 1.85. The van der Waals surface area contributed by atoms with Crippen LogP contribution in [0.2, 0.25) is 0 Å². The van der Waals surface area contributed by atoms with Crippen LogP contribution in [0.25, 0.3) is 0 Å². The molecular formula is C22H32O2. The Hall–Kier alpha value is -2.09. The average molecular weight is 328 g/mol. The Morgan fingerprint density at radius 3 is 1.29 bits per heavy atom. The third kappa shape index (κ3) is 19.9. The van der Waals surface area contributed by atoms with E-state index >= 15 is 0 Å². The lowest BCUT2D eigenvalue weighted by Crippen LogP contribution is -1.91. The molecule has 0 saturated carbocycles. The van der Waals surface area contributed by atoms with E-state index in [0.29, 0.717) is 6.42 Å².